The van der Waals surface area contributed by atoms with Crippen molar-refractivity contribution in [2.75, 3.05) is 18.6 Å². The highest BCUT2D eigenvalue weighted by Crippen LogP contribution is 2.52. The maximum atomic E-state index is 7.02. The lowest BCUT2D eigenvalue weighted by atomic mass is 9.69. The van der Waals surface area contributed by atoms with Crippen LogP contribution in [0.3, 0.4) is 0 Å². The SMILES string of the molecule is CCN(c1nc(-c2ccccc2)c(-c2ccccc2)o1)C1(c2cccc3c(OC)cccc23)CCCc2c1ccc1c2ccc2ccccc21. The lowest BCUT2D eigenvalue weighted by molar-refractivity contribution is 0.380. The number of anilines is 1. The molecule has 0 saturated heterocycles. The number of oxazole rings is 1. The molecule has 0 saturated carbocycles. The van der Waals surface area contributed by atoms with E-state index in [1.54, 1.807) is 7.11 Å². The lowest BCUT2D eigenvalue weighted by Gasteiger charge is -2.48. The minimum Gasteiger partial charge on any atom is -0.496 e. The molecule has 0 amide bonds. The number of aromatic nitrogens is 1. The van der Waals surface area contributed by atoms with Crippen molar-refractivity contribution in [3.8, 4) is 28.3 Å². The van der Waals surface area contributed by atoms with Crippen LogP contribution >= 0.6 is 0 Å². The molecule has 0 radical (unpaired) electrons. The van der Waals surface area contributed by atoms with Gasteiger partial charge in [-0.25, -0.2) is 0 Å². The third-order valence-corrected chi connectivity index (χ3v) is 10.7. The van der Waals surface area contributed by atoms with Crippen molar-refractivity contribution in [3.05, 3.63) is 162 Å². The summed E-state index contributed by atoms with van der Waals surface area (Å²) in [6.45, 7) is 2.92. The average Bonchev–Trinajstić information content (AvgIpc) is 3.63. The summed E-state index contributed by atoms with van der Waals surface area (Å²) in [5.74, 6) is 1.65. The second-order valence-corrected chi connectivity index (χ2v) is 13.2. The number of aryl methyl sites for hydroxylation is 1. The molecule has 1 aliphatic rings. The molecule has 0 bridgehead atoms. The summed E-state index contributed by atoms with van der Waals surface area (Å²) in [5, 5.41) is 7.45. The van der Waals surface area contributed by atoms with Crippen molar-refractivity contribution >= 4 is 38.3 Å². The molecule has 244 valence electrons. The molecule has 1 heterocycles. The molecule has 0 fully saturated rings. The van der Waals surface area contributed by atoms with E-state index in [1.807, 2.05) is 12.1 Å². The number of hydrogen-bond acceptors (Lipinski definition) is 4. The number of methoxy groups -OCH3 is 1. The van der Waals surface area contributed by atoms with Crippen molar-refractivity contribution < 1.29 is 9.15 Å². The first-order valence-corrected chi connectivity index (χ1v) is 17.6. The van der Waals surface area contributed by atoms with Gasteiger partial charge >= 0.3 is 0 Å². The third kappa shape index (κ3) is 4.63. The molecular weight excluding hydrogens is 613 g/mol. The molecular formula is C46H38N2O2. The Morgan fingerprint density at radius 2 is 1.34 bits per heavy atom. The van der Waals surface area contributed by atoms with Crippen LogP contribution < -0.4 is 9.64 Å². The van der Waals surface area contributed by atoms with Crippen LogP contribution in [0.2, 0.25) is 0 Å². The summed E-state index contributed by atoms with van der Waals surface area (Å²) in [6.07, 6.45) is 2.94. The van der Waals surface area contributed by atoms with Gasteiger partial charge in [0.25, 0.3) is 6.01 Å². The van der Waals surface area contributed by atoms with Gasteiger partial charge in [0, 0.05) is 23.1 Å². The minimum atomic E-state index is -0.569. The zero-order valence-corrected chi connectivity index (χ0v) is 28.4. The van der Waals surface area contributed by atoms with Crippen LogP contribution in [0, 0.1) is 0 Å². The maximum absolute atomic E-state index is 7.02. The van der Waals surface area contributed by atoms with Crippen molar-refractivity contribution in [1.29, 1.82) is 0 Å². The molecule has 7 aromatic carbocycles. The number of nitrogens with zero attached hydrogens (tertiary/aromatic N) is 2. The Morgan fingerprint density at radius 1 is 0.640 bits per heavy atom. The molecule has 9 rings (SSSR count). The molecule has 1 aromatic heterocycles. The van der Waals surface area contributed by atoms with Gasteiger partial charge in [-0.1, -0.05) is 140 Å². The van der Waals surface area contributed by atoms with Gasteiger partial charge in [0.1, 0.15) is 11.4 Å². The van der Waals surface area contributed by atoms with E-state index < -0.39 is 5.54 Å². The topological polar surface area (TPSA) is 38.5 Å². The smallest absolute Gasteiger partial charge is 0.299 e. The number of rotatable bonds is 7. The minimum absolute atomic E-state index is 0.569. The van der Waals surface area contributed by atoms with Gasteiger partial charge in [-0.3, -0.25) is 0 Å². The fraction of sp³-hybridized carbons (Fsp3) is 0.152. The van der Waals surface area contributed by atoms with Gasteiger partial charge in [-0.05, 0) is 75.9 Å². The van der Waals surface area contributed by atoms with Gasteiger partial charge < -0.3 is 14.1 Å². The molecule has 1 atom stereocenters. The van der Waals surface area contributed by atoms with Gasteiger partial charge in [-0.2, -0.15) is 4.98 Å². The highest BCUT2D eigenvalue weighted by molar-refractivity contribution is 6.09. The molecule has 0 aliphatic heterocycles. The van der Waals surface area contributed by atoms with Crippen molar-refractivity contribution in [2.24, 2.45) is 0 Å². The van der Waals surface area contributed by atoms with E-state index in [0.29, 0.717) is 12.6 Å². The summed E-state index contributed by atoms with van der Waals surface area (Å²) in [7, 11) is 1.75. The molecule has 1 aliphatic carbocycles. The highest BCUT2D eigenvalue weighted by atomic mass is 16.5. The Balaban J connectivity index is 1.36. The molecule has 4 heteroatoms. The number of benzene rings is 7. The fourth-order valence-electron chi connectivity index (χ4n) is 8.56. The zero-order valence-electron chi connectivity index (χ0n) is 28.4. The summed E-state index contributed by atoms with van der Waals surface area (Å²) in [4.78, 5) is 7.83. The quantitative estimate of drug-likeness (QED) is 0.161. The van der Waals surface area contributed by atoms with E-state index in [1.165, 1.54) is 43.6 Å². The first-order valence-electron chi connectivity index (χ1n) is 17.6. The Hall–Kier alpha value is -5.87. The predicted molar refractivity (Wildman–Crippen MR) is 206 cm³/mol. The van der Waals surface area contributed by atoms with Crippen molar-refractivity contribution in [1.82, 2.24) is 4.98 Å². The predicted octanol–water partition coefficient (Wildman–Crippen LogP) is 11.6. The van der Waals surface area contributed by atoms with Crippen LogP contribution in [0.25, 0.3) is 54.9 Å². The van der Waals surface area contributed by atoms with Crippen LogP contribution in [0.15, 0.2) is 150 Å². The van der Waals surface area contributed by atoms with Crippen LogP contribution in [0.1, 0.15) is 36.5 Å². The van der Waals surface area contributed by atoms with Crippen LogP contribution in [0.5, 0.6) is 5.75 Å². The van der Waals surface area contributed by atoms with Crippen LogP contribution in [0.4, 0.5) is 6.01 Å². The third-order valence-electron chi connectivity index (χ3n) is 10.7. The fourth-order valence-corrected chi connectivity index (χ4v) is 8.56. The zero-order chi connectivity index (χ0) is 33.7. The van der Waals surface area contributed by atoms with Gasteiger partial charge in [0.05, 0.1) is 12.6 Å². The van der Waals surface area contributed by atoms with E-state index in [0.717, 1.165) is 53.0 Å². The van der Waals surface area contributed by atoms with E-state index in [-0.39, 0.29) is 0 Å². The molecule has 50 heavy (non-hydrogen) atoms. The largest absolute Gasteiger partial charge is 0.496 e. The molecule has 0 spiro atoms. The summed E-state index contributed by atoms with van der Waals surface area (Å²) in [5.41, 5.74) is 6.26. The van der Waals surface area contributed by atoms with Crippen LogP contribution in [-0.4, -0.2) is 18.6 Å². The van der Waals surface area contributed by atoms with E-state index in [9.17, 15) is 0 Å². The van der Waals surface area contributed by atoms with Gasteiger partial charge in [-0.15, -0.1) is 0 Å². The number of ether oxygens (including phenoxy) is 1. The van der Waals surface area contributed by atoms with E-state index >= 15 is 0 Å². The molecule has 8 aromatic rings. The van der Waals surface area contributed by atoms with Crippen molar-refractivity contribution in [3.63, 3.8) is 0 Å². The van der Waals surface area contributed by atoms with E-state index in [2.05, 4.69) is 145 Å². The van der Waals surface area contributed by atoms with Gasteiger partial charge in [0.15, 0.2) is 5.76 Å². The summed E-state index contributed by atoms with van der Waals surface area (Å²) < 4.78 is 12.9. The Kier molecular flexibility index (Phi) is 7.39. The number of fused-ring (bicyclic) bond motifs is 6. The first-order chi connectivity index (χ1) is 24.7. The highest BCUT2D eigenvalue weighted by Gasteiger charge is 2.46. The Labute approximate surface area is 292 Å². The van der Waals surface area contributed by atoms with Crippen molar-refractivity contribution in [2.45, 2.75) is 31.7 Å². The van der Waals surface area contributed by atoms with Crippen LogP contribution in [-0.2, 0) is 12.0 Å². The number of hydrogen-bond donors (Lipinski definition) is 0. The summed E-state index contributed by atoms with van der Waals surface area (Å²) >= 11 is 0. The normalized spacial score (nSPS) is 15.7. The first kappa shape index (κ1) is 30.2. The standard InChI is InChI=1S/C46H38N2O2/c1-3-48(45-47-43(32-16-6-4-7-17-32)44(50-45)33-18-8-5-9-19-33)46(40-24-12-22-39-38(40)21-13-25-42(39)49-2)30-14-23-37-36-27-26-31-15-10-11-20-34(31)35(36)28-29-41(37)46/h4-13,15-22,24-29H,3,14,23,30H2,1-2H3. The molecule has 4 nitrogen and oxygen atoms in total. The molecule has 1 unspecified atom stereocenters. The average molecular weight is 651 g/mol. The lowest BCUT2D eigenvalue weighted by Crippen LogP contribution is -2.50. The maximum Gasteiger partial charge on any atom is 0.299 e. The summed E-state index contributed by atoms with van der Waals surface area (Å²) in [6, 6.07) is 52.5. The Bertz CT molecular complexity index is 2450. The van der Waals surface area contributed by atoms with E-state index in [4.69, 9.17) is 14.1 Å². The second kappa shape index (κ2) is 12.2. The monoisotopic (exact) mass is 650 g/mol. The molecule has 0 N–H and O–H groups in total. The van der Waals surface area contributed by atoms with Gasteiger partial charge in [0.2, 0.25) is 0 Å². The Morgan fingerprint density at radius 3 is 2.14 bits per heavy atom. The second-order valence-electron chi connectivity index (χ2n) is 13.2.